The van der Waals surface area contributed by atoms with Gasteiger partial charge in [-0.2, -0.15) is 0 Å². The van der Waals surface area contributed by atoms with Crippen molar-refractivity contribution >= 4 is 6.03 Å². The van der Waals surface area contributed by atoms with E-state index in [-0.39, 0.29) is 12.1 Å². The van der Waals surface area contributed by atoms with Crippen LogP contribution in [0.3, 0.4) is 0 Å². The van der Waals surface area contributed by atoms with Gasteiger partial charge >= 0.3 is 6.03 Å². The molecule has 0 aromatic heterocycles. The lowest BCUT2D eigenvalue weighted by molar-refractivity contribution is 0.101. The Morgan fingerprint density at radius 2 is 2.05 bits per heavy atom. The summed E-state index contributed by atoms with van der Waals surface area (Å²) in [4.78, 5) is 11.9. The number of hydrogen-bond donors (Lipinski definition) is 3. The van der Waals surface area contributed by atoms with E-state index in [2.05, 4.69) is 29.7 Å². The van der Waals surface area contributed by atoms with Gasteiger partial charge in [0.15, 0.2) is 0 Å². The van der Waals surface area contributed by atoms with Gasteiger partial charge in [0.25, 0.3) is 0 Å². The largest absolute Gasteiger partial charge is 0.393 e. The van der Waals surface area contributed by atoms with Crippen molar-refractivity contribution in [2.24, 2.45) is 5.92 Å². The smallest absolute Gasteiger partial charge is 0.314 e. The maximum absolute atomic E-state index is 11.9. The number of benzene rings is 1. The first kappa shape index (κ1) is 16.8. The molecule has 4 heteroatoms. The zero-order valence-electron chi connectivity index (χ0n) is 13.4. The van der Waals surface area contributed by atoms with E-state index in [0.717, 1.165) is 32.1 Å². The van der Waals surface area contributed by atoms with Crippen molar-refractivity contribution in [1.29, 1.82) is 0 Å². The number of urea groups is 1. The Labute approximate surface area is 133 Å². The Bertz CT molecular complexity index is 450. The third kappa shape index (κ3) is 5.34. The maximum Gasteiger partial charge on any atom is 0.314 e. The zero-order chi connectivity index (χ0) is 15.8. The summed E-state index contributed by atoms with van der Waals surface area (Å²) in [6.45, 7) is 3.45. The molecular formula is C18H28N2O2. The molecule has 2 rings (SSSR count). The maximum atomic E-state index is 11.9. The Kier molecular flexibility index (Phi) is 6.72. The molecule has 2 amide bonds. The van der Waals surface area contributed by atoms with Crippen LogP contribution in [0.1, 0.15) is 50.5 Å². The first-order valence-corrected chi connectivity index (χ1v) is 8.43. The third-order valence-electron chi connectivity index (χ3n) is 4.58. The van der Waals surface area contributed by atoms with E-state index in [9.17, 15) is 9.90 Å². The Hall–Kier alpha value is -1.55. The van der Waals surface area contributed by atoms with Crippen LogP contribution < -0.4 is 10.6 Å². The highest BCUT2D eigenvalue weighted by atomic mass is 16.3. The van der Waals surface area contributed by atoms with Gasteiger partial charge in [0, 0.05) is 19.0 Å². The number of aliphatic hydroxyl groups excluding tert-OH is 1. The minimum Gasteiger partial charge on any atom is -0.393 e. The van der Waals surface area contributed by atoms with Crippen LogP contribution in [-0.2, 0) is 0 Å². The average Bonchev–Trinajstić information content (AvgIpc) is 2.54. The summed E-state index contributed by atoms with van der Waals surface area (Å²) in [5, 5.41) is 15.6. The quantitative estimate of drug-likeness (QED) is 0.756. The molecule has 0 aliphatic heterocycles. The fourth-order valence-electron chi connectivity index (χ4n) is 3.19. The topological polar surface area (TPSA) is 61.4 Å². The van der Waals surface area contributed by atoms with Gasteiger partial charge in [-0.3, -0.25) is 0 Å². The standard InChI is InChI=1S/C18H28N2O2/c1-2-15(16-8-4-3-5-9-16)13-20-18(22)19-12-14-7-6-10-17(21)11-14/h3-5,8-9,14-15,17,21H,2,6-7,10-13H2,1H3,(H2,19,20,22). The molecular weight excluding hydrogens is 276 g/mol. The van der Waals surface area contributed by atoms with Gasteiger partial charge in [-0.15, -0.1) is 0 Å². The Morgan fingerprint density at radius 1 is 1.27 bits per heavy atom. The molecule has 0 bridgehead atoms. The van der Waals surface area contributed by atoms with E-state index in [0.29, 0.717) is 24.9 Å². The van der Waals surface area contributed by atoms with Gasteiger partial charge in [-0.25, -0.2) is 4.79 Å². The van der Waals surface area contributed by atoms with Crippen LogP contribution in [0.4, 0.5) is 4.79 Å². The third-order valence-corrected chi connectivity index (χ3v) is 4.58. The number of nitrogens with one attached hydrogen (secondary N) is 2. The number of carbonyl (C=O) groups excluding carboxylic acids is 1. The number of hydrogen-bond acceptors (Lipinski definition) is 2. The molecule has 1 aromatic rings. The second-order valence-corrected chi connectivity index (χ2v) is 6.29. The van der Waals surface area contributed by atoms with Gasteiger partial charge < -0.3 is 15.7 Å². The summed E-state index contributed by atoms with van der Waals surface area (Å²) in [6.07, 6.45) is 4.67. The monoisotopic (exact) mass is 304 g/mol. The van der Waals surface area contributed by atoms with Crippen LogP contribution in [-0.4, -0.2) is 30.3 Å². The molecule has 0 spiro atoms. The molecule has 3 atom stereocenters. The normalized spacial score (nSPS) is 22.8. The Balaban J connectivity index is 1.70. The summed E-state index contributed by atoms with van der Waals surface area (Å²) in [5.41, 5.74) is 1.26. The highest BCUT2D eigenvalue weighted by Gasteiger charge is 2.20. The molecule has 3 unspecified atom stereocenters. The van der Waals surface area contributed by atoms with Gasteiger partial charge in [0.2, 0.25) is 0 Å². The summed E-state index contributed by atoms with van der Waals surface area (Å²) in [6, 6.07) is 10.2. The molecule has 0 radical (unpaired) electrons. The van der Waals surface area contributed by atoms with Crippen molar-refractivity contribution in [1.82, 2.24) is 10.6 Å². The molecule has 1 aliphatic carbocycles. The lowest BCUT2D eigenvalue weighted by atomic mass is 9.87. The van der Waals surface area contributed by atoms with Gasteiger partial charge in [-0.1, -0.05) is 43.7 Å². The van der Waals surface area contributed by atoms with Crippen LogP contribution >= 0.6 is 0 Å². The van der Waals surface area contributed by atoms with Crippen LogP contribution in [0.15, 0.2) is 30.3 Å². The molecule has 1 aromatic carbocycles. The first-order valence-electron chi connectivity index (χ1n) is 8.43. The summed E-state index contributed by atoms with van der Waals surface area (Å²) >= 11 is 0. The highest BCUT2D eigenvalue weighted by Crippen LogP contribution is 2.23. The number of aliphatic hydroxyl groups is 1. The first-order chi connectivity index (χ1) is 10.7. The van der Waals surface area contributed by atoms with Crippen molar-refractivity contribution < 1.29 is 9.90 Å². The zero-order valence-corrected chi connectivity index (χ0v) is 13.4. The number of carbonyl (C=O) groups is 1. The number of amides is 2. The molecule has 4 nitrogen and oxygen atoms in total. The minimum atomic E-state index is -0.189. The predicted molar refractivity (Wildman–Crippen MR) is 88.8 cm³/mol. The molecule has 1 fully saturated rings. The van der Waals surface area contributed by atoms with Crippen molar-refractivity contribution in [2.45, 2.75) is 51.0 Å². The van der Waals surface area contributed by atoms with Gasteiger partial charge in [0.05, 0.1) is 6.10 Å². The van der Waals surface area contributed by atoms with E-state index in [1.165, 1.54) is 5.56 Å². The van der Waals surface area contributed by atoms with Crippen molar-refractivity contribution in [2.75, 3.05) is 13.1 Å². The molecule has 1 aliphatic rings. The van der Waals surface area contributed by atoms with Crippen molar-refractivity contribution in [3.05, 3.63) is 35.9 Å². The van der Waals surface area contributed by atoms with Crippen LogP contribution in [0.2, 0.25) is 0 Å². The van der Waals surface area contributed by atoms with Gasteiger partial charge in [-0.05, 0) is 37.2 Å². The molecule has 122 valence electrons. The fourth-order valence-corrected chi connectivity index (χ4v) is 3.19. The average molecular weight is 304 g/mol. The molecule has 1 saturated carbocycles. The van der Waals surface area contributed by atoms with E-state index in [4.69, 9.17) is 0 Å². The predicted octanol–water partition coefficient (Wildman–Crippen LogP) is 3.03. The molecule has 0 saturated heterocycles. The molecule has 22 heavy (non-hydrogen) atoms. The molecule has 3 N–H and O–H groups in total. The number of rotatable bonds is 6. The highest BCUT2D eigenvalue weighted by molar-refractivity contribution is 5.73. The van der Waals surface area contributed by atoms with E-state index in [1.807, 2.05) is 18.2 Å². The summed E-state index contributed by atoms with van der Waals surface area (Å²) in [5.74, 6) is 0.758. The van der Waals surface area contributed by atoms with E-state index in [1.54, 1.807) is 0 Å². The van der Waals surface area contributed by atoms with Crippen molar-refractivity contribution in [3.63, 3.8) is 0 Å². The van der Waals surface area contributed by atoms with Crippen molar-refractivity contribution in [3.8, 4) is 0 Å². The second-order valence-electron chi connectivity index (χ2n) is 6.29. The lowest BCUT2D eigenvalue weighted by Gasteiger charge is -2.26. The fraction of sp³-hybridized carbons (Fsp3) is 0.611. The van der Waals surface area contributed by atoms with Gasteiger partial charge in [0.1, 0.15) is 0 Å². The lowest BCUT2D eigenvalue weighted by Crippen LogP contribution is -2.41. The molecule has 0 heterocycles. The minimum absolute atomic E-state index is 0.102. The van der Waals surface area contributed by atoms with Crippen LogP contribution in [0.25, 0.3) is 0 Å². The van der Waals surface area contributed by atoms with E-state index >= 15 is 0 Å². The van der Waals surface area contributed by atoms with Crippen LogP contribution in [0, 0.1) is 5.92 Å². The van der Waals surface area contributed by atoms with E-state index < -0.39 is 0 Å². The SMILES string of the molecule is CCC(CNC(=O)NCC1CCCC(O)C1)c1ccccc1. The summed E-state index contributed by atoms with van der Waals surface area (Å²) in [7, 11) is 0. The second kappa shape index (κ2) is 8.79. The van der Waals surface area contributed by atoms with Crippen LogP contribution in [0.5, 0.6) is 0 Å². The summed E-state index contributed by atoms with van der Waals surface area (Å²) < 4.78 is 0. The Morgan fingerprint density at radius 3 is 2.73 bits per heavy atom.